The highest BCUT2D eigenvalue weighted by molar-refractivity contribution is 6.42. The number of aryl methyl sites for hydroxylation is 2. The van der Waals surface area contributed by atoms with Crippen LogP contribution in [0.5, 0.6) is 0 Å². The first kappa shape index (κ1) is 19.7. The fourth-order valence-corrected chi connectivity index (χ4v) is 3.31. The summed E-state index contributed by atoms with van der Waals surface area (Å²) in [6, 6.07) is 7.37. The Labute approximate surface area is 167 Å². The van der Waals surface area contributed by atoms with Crippen molar-refractivity contribution in [2.75, 3.05) is 19.0 Å². The van der Waals surface area contributed by atoms with E-state index < -0.39 is 0 Å². The number of nitrogens with one attached hydrogen (secondary N) is 2. The maximum atomic E-state index is 12.4. The van der Waals surface area contributed by atoms with E-state index in [4.69, 9.17) is 27.9 Å². The summed E-state index contributed by atoms with van der Waals surface area (Å²) >= 11 is 12.0. The van der Waals surface area contributed by atoms with Gasteiger partial charge in [0.15, 0.2) is 5.52 Å². The first-order valence-electron chi connectivity index (χ1n) is 8.76. The monoisotopic (exact) mass is 408 g/mol. The summed E-state index contributed by atoms with van der Waals surface area (Å²) in [4.78, 5) is 19.7. The number of aromatic nitrogens is 3. The van der Waals surface area contributed by atoms with E-state index in [0.717, 1.165) is 42.9 Å². The first-order valence-corrected chi connectivity index (χ1v) is 9.52. The Hall–Kier alpha value is -2.02. The molecule has 0 unspecified atom stereocenters. The van der Waals surface area contributed by atoms with Crippen LogP contribution in [-0.4, -0.2) is 28.3 Å². The zero-order valence-corrected chi connectivity index (χ0v) is 16.8. The third kappa shape index (κ3) is 4.64. The number of ether oxygens (including phenoxy) is 1. The molecule has 0 aliphatic heterocycles. The minimum atomic E-state index is -0.206. The quantitative estimate of drug-likeness (QED) is 0.542. The Morgan fingerprint density at radius 3 is 2.78 bits per heavy atom. The molecule has 3 aromatic rings. The van der Waals surface area contributed by atoms with Gasteiger partial charge in [-0.2, -0.15) is 0 Å². The molecule has 1 aromatic carbocycles. The lowest BCUT2D eigenvalue weighted by atomic mass is 10.2. The van der Waals surface area contributed by atoms with Gasteiger partial charge in [-0.3, -0.25) is 4.79 Å². The van der Waals surface area contributed by atoms with Gasteiger partial charge in [0, 0.05) is 32.9 Å². The third-order valence-corrected chi connectivity index (χ3v) is 5.13. The van der Waals surface area contributed by atoms with Crippen LogP contribution in [0.4, 0.5) is 5.82 Å². The zero-order valence-electron chi connectivity index (χ0n) is 15.3. The minimum Gasteiger partial charge on any atom is -0.385 e. The fourth-order valence-electron chi connectivity index (χ4n) is 2.99. The first-order chi connectivity index (χ1) is 13.0. The predicted octanol–water partition coefficient (Wildman–Crippen LogP) is 4.38. The standard InChI is InChI=1S/C19H22Cl2N4O2/c1-12-23-18-16(25(12)7-3-4-8-27-2)10-17(24-19(18)26)22-11-13-5-6-14(20)15(21)9-13/h5-6,9-10H,3-4,7-8,11H2,1-2H3,(H2,22,24,26). The molecule has 8 heteroatoms. The van der Waals surface area contributed by atoms with E-state index in [-0.39, 0.29) is 5.56 Å². The maximum Gasteiger partial charge on any atom is 0.277 e. The van der Waals surface area contributed by atoms with Gasteiger partial charge in [0.1, 0.15) is 11.6 Å². The second kappa shape index (κ2) is 8.78. The van der Waals surface area contributed by atoms with Crippen LogP contribution in [0.15, 0.2) is 29.1 Å². The van der Waals surface area contributed by atoms with Gasteiger partial charge in [0.25, 0.3) is 5.56 Å². The number of nitrogens with zero attached hydrogens (tertiary/aromatic N) is 2. The van der Waals surface area contributed by atoms with Crippen molar-refractivity contribution in [1.82, 2.24) is 14.5 Å². The van der Waals surface area contributed by atoms with Crippen LogP contribution in [0, 0.1) is 6.92 Å². The Morgan fingerprint density at radius 1 is 1.22 bits per heavy atom. The number of halogens is 2. The van der Waals surface area contributed by atoms with E-state index in [1.54, 1.807) is 19.2 Å². The van der Waals surface area contributed by atoms with Crippen LogP contribution in [-0.2, 0) is 17.8 Å². The van der Waals surface area contributed by atoms with Crippen molar-refractivity contribution >= 4 is 40.1 Å². The topological polar surface area (TPSA) is 71.9 Å². The van der Waals surface area contributed by atoms with E-state index in [9.17, 15) is 4.79 Å². The summed E-state index contributed by atoms with van der Waals surface area (Å²) in [5, 5.41) is 4.26. The summed E-state index contributed by atoms with van der Waals surface area (Å²) in [6.45, 7) is 3.95. The number of imidazole rings is 1. The molecule has 3 rings (SSSR count). The lowest BCUT2D eigenvalue weighted by Crippen LogP contribution is -2.12. The molecule has 0 fully saturated rings. The van der Waals surface area contributed by atoms with E-state index in [1.807, 2.05) is 19.1 Å². The van der Waals surface area contributed by atoms with Gasteiger partial charge in [-0.1, -0.05) is 29.3 Å². The summed E-state index contributed by atoms with van der Waals surface area (Å²) in [5.41, 5.74) is 2.04. The Bertz CT molecular complexity index is 997. The van der Waals surface area contributed by atoms with Crippen LogP contribution in [0.25, 0.3) is 11.0 Å². The van der Waals surface area contributed by atoms with Crippen molar-refractivity contribution in [2.24, 2.45) is 0 Å². The van der Waals surface area contributed by atoms with E-state index >= 15 is 0 Å². The highest BCUT2D eigenvalue weighted by Gasteiger charge is 2.12. The van der Waals surface area contributed by atoms with Gasteiger partial charge < -0.3 is 19.6 Å². The number of benzene rings is 1. The number of hydrogen-bond acceptors (Lipinski definition) is 4. The number of pyridine rings is 1. The average molecular weight is 409 g/mol. The number of anilines is 1. The van der Waals surface area contributed by atoms with Crippen molar-refractivity contribution in [1.29, 1.82) is 0 Å². The van der Waals surface area contributed by atoms with Crippen LogP contribution < -0.4 is 10.9 Å². The number of fused-ring (bicyclic) bond motifs is 1. The number of unbranched alkanes of at least 4 members (excludes halogenated alkanes) is 1. The highest BCUT2D eigenvalue weighted by atomic mass is 35.5. The van der Waals surface area contributed by atoms with Gasteiger partial charge >= 0.3 is 0 Å². The molecular weight excluding hydrogens is 387 g/mol. The molecule has 0 aliphatic rings. The molecule has 0 amide bonds. The summed E-state index contributed by atoms with van der Waals surface area (Å²) in [6.07, 6.45) is 1.92. The van der Waals surface area contributed by atoms with E-state index in [1.165, 1.54) is 0 Å². The van der Waals surface area contributed by atoms with Crippen LogP contribution in [0.2, 0.25) is 10.0 Å². The molecule has 27 heavy (non-hydrogen) atoms. The molecule has 0 aliphatic carbocycles. The van der Waals surface area contributed by atoms with E-state index in [0.29, 0.717) is 27.9 Å². The molecule has 0 bridgehead atoms. The van der Waals surface area contributed by atoms with E-state index in [2.05, 4.69) is 19.9 Å². The molecule has 2 aromatic heterocycles. The SMILES string of the molecule is COCCCCn1c(C)nc2c(=O)[nH]c(NCc3ccc(Cl)c(Cl)c3)cc21. The van der Waals surface area contributed by atoms with Crippen molar-refractivity contribution in [2.45, 2.75) is 32.9 Å². The van der Waals surface area contributed by atoms with Crippen LogP contribution in [0.1, 0.15) is 24.2 Å². The lowest BCUT2D eigenvalue weighted by Gasteiger charge is -2.10. The molecule has 2 heterocycles. The van der Waals surface area contributed by atoms with Crippen molar-refractivity contribution in [3.05, 3.63) is 56.1 Å². The lowest BCUT2D eigenvalue weighted by molar-refractivity contribution is 0.191. The number of H-pyrrole nitrogens is 1. The molecule has 144 valence electrons. The molecule has 0 spiro atoms. The minimum absolute atomic E-state index is 0.206. The third-order valence-electron chi connectivity index (χ3n) is 4.39. The average Bonchev–Trinajstić information content (AvgIpc) is 2.96. The number of rotatable bonds is 8. The Balaban J connectivity index is 1.81. The smallest absolute Gasteiger partial charge is 0.277 e. The highest BCUT2D eigenvalue weighted by Crippen LogP contribution is 2.23. The van der Waals surface area contributed by atoms with Gasteiger partial charge in [-0.25, -0.2) is 4.98 Å². The summed E-state index contributed by atoms with van der Waals surface area (Å²) < 4.78 is 7.17. The molecule has 0 atom stereocenters. The van der Waals surface area contributed by atoms with Crippen molar-refractivity contribution in [3.63, 3.8) is 0 Å². The van der Waals surface area contributed by atoms with Crippen molar-refractivity contribution < 1.29 is 4.74 Å². The molecular formula is C19H22Cl2N4O2. The van der Waals surface area contributed by atoms with Gasteiger partial charge in [0.2, 0.25) is 0 Å². The largest absolute Gasteiger partial charge is 0.385 e. The normalized spacial score (nSPS) is 11.3. The number of hydrogen-bond donors (Lipinski definition) is 2. The zero-order chi connectivity index (χ0) is 19.4. The predicted molar refractivity (Wildman–Crippen MR) is 110 cm³/mol. The number of aromatic amines is 1. The molecule has 2 N–H and O–H groups in total. The second-order valence-corrected chi connectivity index (χ2v) is 7.17. The van der Waals surface area contributed by atoms with Gasteiger partial charge in [-0.15, -0.1) is 0 Å². The van der Waals surface area contributed by atoms with Crippen LogP contribution >= 0.6 is 23.2 Å². The maximum absolute atomic E-state index is 12.4. The Morgan fingerprint density at radius 2 is 2.04 bits per heavy atom. The fraction of sp³-hybridized carbons (Fsp3) is 0.368. The molecule has 0 saturated carbocycles. The van der Waals surface area contributed by atoms with Gasteiger partial charge in [0.05, 0.1) is 15.6 Å². The Kier molecular flexibility index (Phi) is 6.42. The summed E-state index contributed by atoms with van der Waals surface area (Å²) in [7, 11) is 1.70. The second-order valence-electron chi connectivity index (χ2n) is 6.36. The molecule has 6 nitrogen and oxygen atoms in total. The number of methoxy groups -OCH3 is 1. The summed E-state index contributed by atoms with van der Waals surface area (Å²) in [5.74, 6) is 1.46. The van der Waals surface area contributed by atoms with Gasteiger partial charge in [-0.05, 0) is 37.5 Å². The van der Waals surface area contributed by atoms with Crippen LogP contribution in [0.3, 0.4) is 0 Å². The molecule has 0 radical (unpaired) electrons. The van der Waals surface area contributed by atoms with Crippen molar-refractivity contribution in [3.8, 4) is 0 Å². The molecule has 0 saturated heterocycles.